The van der Waals surface area contributed by atoms with E-state index in [0.717, 1.165) is 6.07 Å². The summed E-state index contributed by atoms with van der Waals surface area (Å²) in [5.41, 5.74) is 0.0729. The maximum Gasteiger partial charge on any atom is 0.416 e. The summed E-state index contributed by atoms with van der Waals surface area (Å²) in [7, 11) is 0. The molecule has 0 aliphatic heterocycles. The minimum atomic E-state index is -4.36. The zero-order chi connectivity index (χ0) is 14.6. The summed E-state index contributed by atoms with van der Waals surface area (Å²) in [6.45, 7) is 0. The number of alkyl halides is 3. The Morgan fingerprint density at radius 1 is 1.00 bits per heavy atom. The lowest BCUT2D eigenvalue weighted by Crippen LogP contribution is -2.08. The van der Waals surface area contributed by atoms with Crippen LogP contribution in [0.5, 0.6) is 0 Å². The Kier molecular flexibility index (Phi) is 4.49. The Balaban J connectivity index is 2.22. The van der Waals surface area contributed by atoms with Gasteiger partial charge < -0.3 is 0 Å². The van der Waals surface area contributed by atoms with E-state index < -0.39 is 11.7 Å². The largest absolute Gasteiger partial charge is 0.416 e. The van der Waals surface area contributed by atoms with Crippen molar-refractivity contribution >= 4 is 18.0 Å². The first-order valence-corrected chi connectivity index (χ1v) is 6.83. The van der Waals surface area contributed by atoms with E-state index in [9.17, 15) is 18.0 Å². The number of carbonyl (C=O) groups is 1. The highest BCUT2D eigenvalue weighted by molar-refractivity contribution is 7.98. The summed E-state index contributed by atoms with van der Waals surface area (Å²) >= 11 is 1.22. The van der Waals surface area contributed by atoms with Crippen molar-refractivity contribution in [2.75, 3.05) is 0 Å². The van der Waals surface area contributed by atoms with E-state index in [1.165, 1.54) is 23.9 Å². The number of rotatable bonds is 4. The number of benzene rings is 2. The van der Waals surface area contributed by atoms with Gasteiger partial charge in [-0.05, 0) is 17.7 Å². The molecule has 2 aromatic carbocycles. The van der Waals surface area contributed by atoms with Gasteiger partial charge in [0.2, 0.25) is 0 Å². The maximum absolute atomic E-state index is 12.9. The highest BCUT2D eigenvalue weighted by Crippen LogP contribution is 2.35. The number of halogens is 3. The molecule has 0 N–H and O–H groups in total. The summed E-state index contributed by atoms with van der Waals surface area (Å²) in [6.07, 6.45) is -3.65. The molecule has 0 aromatic heterocycles. The van der Waals surface area contributed by atoms with Crippen LogP contribution in [0.4, 0.5) is 13.2 Å². The minimum absolute atomic E-state index is 0.167. The predicted octanol–water partition coefficient (Wildman–Crippen LogP) is 4.81. The third-order valence-corrected chi connectivity index (χ3v) is 3.89. The fourth-order valence-corrected chi connectivity index (χ4v) is 2.81. The van der Waals surface area contributed by atoms with Gasteiger partial charge in [0.1, 0.15) is 0 Å². The van der Waals surface area contributed by atoms with Gasteiger partial charge in [-0.1, -0.05) is 36.4 Å². The van der Waals surface area contributed by atoms with Crippen molar-refractivity contribution in [1.82, 2.24) is 0 Å². The van der Waals surface area contributed by atoms with Crippen LogP contribution in [-0.2, 0) is 11.9 Å². The molecule has 0 saturated carbocycles. The van der Waals surface area contributed by atoms with Gasteiger partial charge >= 0.3 is 6.18 Å². The number of thioether (sulfide) groups is 1. The first kappa shape index (κ1) is 14.7. The zero-order valence-corrected chi connectivity index (χ0v) is 11.2. The molecule has 0 fully saturated rings. The maximum atomic E-state index is 12.9. The van der Waals surface area contributed by atoms with Crippen LogP contribution < -0.4 is 0 Å². The lowest BCUT2D eigenvalue weighted by atomic mass is 10.1. The molecule has 0 radical (unpaired) electrons. The highest BCUT2D eigenvalue weighted by atomic mass is 32.2. The van der Waals surface area contributed by atoms with E-state index in [4.69, 9.17) is 0 Å². The normalized spacial score (nSPS) is 11.3. The van der Waals surface area contributed by atoms with Gasteiger partial charge in [0.15, 0.2) is 6.29 Å². The number of hydrogen-bond donors (Lipinski definition) is 0. The Bertz CT molecular complexity index is 608. The van der Waals surface area contributed by atoms with E-state index in [0.29, 0.717) is 16.7 Å². The fraction of sp³-hybridized carbons (Fsp3) is 0.133. The van der Waals surface area contributed by atoms with Crippen LogP contribution in [-0.4, -0.2) is 6.29 Å². The molecule has 5 heteroatoms. The van der Waals surface area contributed by atoms with Crippen molar-refractivity contribution in [2.45, 2.75) is 16.8 Å². The fourth-order valence-electron chi connectivity index (χ4n) is 1.79. The standard InChI is InChI=1S/C15H11F3OS/c16-15(17,18)13-7-3-1-6-12(13)10-20-14-8-4-2-5-11(14)9-19/h1-9H,10H2. The Morgan fingerprint density at radius 2 is 1.65 bits per heavy atom. The van der Waals surface area contributed by atoms with Crippen molar-refractivity contribution in [3.63, 3.8) is 0 Å². The molecule has 1 nitrogen and oxygen atoms in total. The topological polar surface area (TPSA) is 17.1 Å². The van der Waals surface area contributed by atoms with Gasteiger partial charge in [0, 0.05) is 16.2 Å². The van der Waals surface area contributed by atoms with Crippen LogP contribution in [0.2, 0.25) is 0 Å². The van der Waals surface area contributed by atoms with Gasteiger partial charge in [0.05, 0.1) is 5.56 Å². The number of hydrogen-bond acceptors (Lipinski definition) is 2. The monoisotopic (exact) mass is 296 g/mol. The van der Waals surface area contributed by atoms with Gasteiger partial charge in [-0.2, -0.15) is 13.2 Å². The van der Waals surface area contributed by atoms with E-state index in [1.54, 1.807) is 30.3 Å². The van der Waals surface area contributed by atoms with E-state index >= 15 is 0 Å². The zero-order valence-electron chi connectivity index (χ0n) is 10.4. The van der Waals surface area contributed by atoms with Crippen molar-refractivity contribution < 1.29 is 18.0 Å². The molecule has 104 valence electrons. The van der Waals surface area contributed by atoms with E-state index in [-0.39, 0.29) is 11.3 Å². The van der Waals surface area contributed by atoms with Crippen molar-refractivity contribution in [3.8, 4) is 0 Å². The summed E-state index contributed by atoms with van der Waals surface area (Å²) in [4.78, 5) is 11.6. The third-order valence-electron chi connectivity index (χ3n) is 2.75. The molecule has 0 aliphatic rings. The van der Waals surface area contributed by atoms with Crippen molar-refractivity contribution in [1.29, 1.82) is 0 Å². The summed E-state index contributed by atoms with van der Waals surface area (Å²) < 4.78 is 38.6. The molecule has 0 heterocycles. The molecule has 0 atom stereocenters. The second-order valence-electron chi connectivity index (χ2n) is 4.10. The smallest absolute Gasteiger partial charge is 0.298 e. The molecule has 2 rings (SSSR count). The second-order valence-corrected chi connectivity index (χ2v) is 5.12. The lowest BCUT2D eigenvalue weighted by molar-refractivity contribution is -0.138. The molecule has 0 amide bonds. The van der Waals surface area contributed by atoms with Gasteiger partial charge in [-0.25, -0.2) is 0 Å². The van der Waals surface area contributed by atoms with Crippen LogP contribution in [0.1, 0.15) is 21.5 Å². The van der Waals surface area contributed by atoms with Crippen LogP contribution >= 0.6 is 11.8 Å². The molecule has 0 aliphatic carbocycles. The average molecular weight is 296 g/mol. The highest BCUT2D eigenvalue weighted by Gasteiger charge is 2.32. The number of carbonyl (C=O) groups excluding carboxylic acids is 1. The summed E-state index contributed by atoms with van der Waals surface area (Å²) in [6, 6.07) is 12.3. The summed E-state index contributed by atoms with van der Waals surface area (Å²) in [5.74, 6) is 0.167. The average Bonchev–Trinajstić information content (AvgIpc) is 2.44. The van der Waals surface area contributed by atoms with Crippen molar-refractivity contribution in [3.05, 3.63) is 65.2 Å². The molecule has 0 spiro atoms. The molecule has 0 saturated heterocycles. The molecule has 0 bridgehead atoms. The molecule has 2 aromatic rings. The van der Waals surface area contributed by atoms with E-state index in [1.807, 2.05) is 0 Å². The van der Waals surface area contributed by atoms with Crippen LogP contribution in [0.3, 0.4) is 0 Å². The Labute approximate surface area is 118 Å². The predicted molar refractivity (Wildman–Crippen MR) is 72.8 cm³/mol. The molecule has 0 unspecified atom stereocenters. The molecular weight excluding hydrogens is 285 g/mol. The summed E-state index contributed by atoms with van der Waals surface area (Å²) in [5, 5.41) is 0. The van der Waals surface area contributed by atoms with Crippen LogP contribution in [0, 0.1) is 0 Å². The quantitative estimate of drug-likeness (QED) is 0.595. The lowest BCUT2D eigenvalue weighted by Gasteiger charge is -2.12. The van der Waals surface area contributed by atoms with Crippen LogP contribution in [0.25, 0.3) is 0 Å². The first-order valence-electron chi connectivity index (χ1n) is 5.84. The number of aldehydes is 1. The minimum Gasteiger partial charge on any atom is -0.298 e. The second kappa shape index (κ2) is 6.13. The third kappa shape index (κ3) is 3.42. The molecule has 20 heavy (non-hydrogen) atoms. The van der Waals surface area contributed by atoms with Gasteiger partial charge in [0.25, 0.3) is 0 Å². The Hall–Kier alpha value is -1.75. The Morgan fingerprint density at radius 3 is 2.35 bits per heavy atom. The first-order chi connectivity index (χ1) is 9.52. The van der Waals surface area contributed by atoms with Crippen LogP contribution in [0.15, 0.2) is 53.4 Å². The molecular formula is C15H11F3OS. The van der Waals surface area contributed by atoms with E-state index in [2.05, 4.69) is 0 Å². The SMILES string of the molecule is O=Cc1ccccc1SCc1ccccc1C(F)(F)F. The van der Waals surface area contributed by atoms with Crippen molar-refractivity contribution in [2.24, 2.45) is 0 Å². The van der Waals surface area contributed by atoms with Gasteiger partial charge in [-0.3, -0.25) is 4.79 Å². The van der Waals surface area contributed by atoms with Gasteiger partial charge in [-0.15, -0.1) is 11.8 Å².